The van der Waals surface area contributed by atoms with Crippen LogP contribution in [0.25, 0.3) is 0 Å². The van der Waals surface area contributed by atoms with Gasteiger partial charge < -0.3 is 19.2 Å². The molecule has 0 spiro atoms. The summed E-state index contributed by atoms with van der Waals surface area (Å²) < 4.78 is 7.64. The first kappa shape index (κ1) is 20.2. The van der Waals surface area contributed by atoms with Crippen LogP contribution in [0.5, 0.6) is 0 Å². The molecule has 4 heterocycles. The fourth-order valence-electron chi connectivity index (χ4n) is 3.36. The summed E-state index contributed by atoms with van der Waals surface area (Å²) in [5.41, 5.74) is 0.638. The summed E-state index contributed by atoms with van der Waals surface area (Å²) in [7, 11) is 1.94. The van der Waals surface area contributed by atoms with E-state index in [9.17, 15) is 9.59 Å². The third-order valence-electron chi connectivity index (χ3n) is 5.05. The molecule has 0 aromatic carbocycles. The van der Waals surface area contributed by atoms with Crippen molar-refractivity contribution in [1.82, 2.24) is 24.8 Å². The summed E-state index contributed by atoms with van der Waals surface area (Å²) in [5, 5.41) is 3.92. The summed E-state index contributed by atoms with van der Waals surface area (Å²) in [6, 6.07) is 6.98. The lowest BCUT2D eigenvalue weighted by Gasteiger charge is -2.32. The number of carbonyl (C=O) groups is 2. The molecule has 1 saturated heterocycles. The number of amides is 2. The predicted molar refractivity (Wildman–Crippen MR) is 112 cm³/mol. The minimum absolute atomic E-state index is 0.00284. The fourth-order valence-corrected chi connectivity index (χ4v) is 4.19. The van der Waals surface area contributed by atoms with Crippen LogP contribution in [0.4, 0.5) is 0 Å². The van der Waals surface area contributed by atoms with Crippen LogP contribution in [-0.2, 0) is 12.8 Å². The van der Waals surface area contributed by atoms with Gasteiger partial charge in [0.05, 0.1) is 5.75 Å². The number of nitrogens with one attached hydrogen (secondary N) is 1. The molecule has 0 radical (unpaired) electrons. The van der Waals surface area contributed by atoms with Crippen LogP contribution in [0.1, 0.15) is 39.5 Å². The number of imidazole rings is 1. The number of piperidine rings is 1. The Morgan fingerprint density at radius 1 is 1.17 bits per heavy atom. The number of furan rings is 1. The first-order valence-corrected chi connectivity index (χ1v) is 10.8. The summed E-state index contributed by atoms with van der Waals surface area (Å²) >= 11 is 1.55. The molecule has 0 saturated carbocycles. The molecule has 9 heteroatoms. The molecule has 1 fully saturated rings. The van der Waals surface area contributed by atoms with Crippen LogP contribution < -0.4 is 5.32 Å². The highest BCUT2D eigenvalue weighted by atomic mass is 32.2. The zero-order valence-electron chi connectivity index (χ0n) is 16.7. The van der Waals surface area contributed by atoms with E-state index in [4.69, 9.17) is 4.42 Å². The lowest BCUT2D eigenvalue weighted by Crippen LogP contribution is -2.46. The molecule has 3 aromatic rings. The van der Waals surface area contributed by atoms with Crippen molar-refractivity contribution in [3.8, 4) is 0 Å². The Morgan fingerprint density at radius 3 is 2.63 bits per heavy atom. The molecule has 1 N–H and O–H groups in total. The molecule has 30 heavy (non-hydrogen) atoms. The number of hydrogen-bond donors (Lipinski definition) is 1. The standard InChI is InChI=1S/C21H23N5O3S/c1-25-13-10-23-21(25)30-14-17-2-3-18(29-17)19(27)24-16-6-11-26(12-7-16)20(28)15-4-8-22-9-5-15/h2-5,8-10,13,16H,6-7,11-12,14H2,1H3,(H,24,27). The monoisotopic (exact) mass is 425 g/mol. The van der Waals surface area contributed by atoms with Gasteiger partial charge in [-0.1, -0.05) is 11.8 Å². The van der Waals surface area contributed by atoms with E-state index >= 15 is 0 Å². The number of likely N-dealkylation sites (tertiary alicyclic amines) is 1. The molecule has 3 aromatic heterocycles. The average molecular weight is 426 g/mol. The van der Waals surface area contributed by atoms with Gasteiger partial charge in [-0.2, -0.15) is 0 Å². The molecule has 1 aliphatic heterocycles. The van der Waals surface area contributed by atoms with Crippen molar-refractivity contribution in [2.45, 2.75) is 29.8 Å². The summed E-state index contributed by atoms with van der Waals surface area (Å²) in [6.45, 7) is 1.21. The van der Waals surface area contributed by atoms with Gasteiger partial charge in [-0.25, -0.2) is 4.98 Å². The van der Waals surface area contributed by atoms with Gasteiger partial charge in [0, 0.05) is 56.5 Å². The minimum Gasteiger partial charge on any atom is -0.455 e. The number of nitrogens with zero attached hydrogens (tertiary/aromatic N) is 4. The number of pyridine rings is 1. The lowest BCUT2D eigenvalue weighted by atomic mass is 10.0. The van der Waals surface area contributed by atoms with Crippen LogP contribution >= 0.6 is 11.8 Å². The predicted octanol–water partition coefficient (Wildman–Crippen LogP) is 2.74. The number of thioether (sulfide) groups is 1. The van der Waals surface area contributed by atoms with E-state index in [1.165, 1.54) is 0 Å². The topological polar surface area (TPSA) is 93.3 Å². The second-order valence-electron chi connectivity index (χ2n) is 7.15. The smallest absolute Gasteiger partial charge is 0.287 e. The van der Waals surface area contributed by atoms with E-state index in [-0.39, 0.29) is 17.9 Å². The van der Waals surface area contributed by atoms with Gasteiger partial charge in [0.15, 0.2) is 10.9 Å². The number of hydrogen-bond acceptors (Lipinski definition) is 6. The average Bonchev–Trinajstić information content (AvgIpc) is 3.42. The van der Waals surface area contributed by atoms with Gasteiger partial charge in [-0.3, -0.25) is 14.6 Å². The molecular formula is C21H23N5O3S. The van der Waals surface area contributed by atoms with Crippen LogP contribution in [0.15, 0.2) is 58.6 Å². The Kier molecular flexibility index (Phi) is 6.18. The highest BCUT2D eigenvalue weighted by Crippen LogP contribution is 2.22. The first-order chi connectivity index (χ1) is 14.6. The van der Waals surface area contributed by atoms with E-state index < -0.39 is 0 Å². The van der Waals surface area contributed by atoms with E-state index in [0.717, 1.165) is 10.9 Å². The normalized spacial score (nSPS) is 14.6. The van der Waals surface area contributed by atoms with Crippen molar-refractivity contribution in [2.75, 3.05) is 13.1 Å². The molecule has 4 rings (SSSR count). The second-order valence-corrected chi connectivity index (χ2v) is 8.09. The molecular weight excluding hydrogens is 402 g/mol. The van der Waals surface area contributed by atoms with Gasteiger partial charge in [0.1, 0.15) is 5.76 Å². The maximum Gasteiger partial charge on any atom is 0.287 e. The van der Waals surface area contributed by atoms with Gasteiger partial charge in [-0.15, -0.1) is 0 Å². The van der Waals surface area contributed by atoms with E-state index in [1.54, 1.807) is 48.6 Å². The molecule has 0 unspecified atom stereocenters. The third-order valence-corrected chi connectivity index (χ3v) is 6.13. The van der Waals surface area contributed by atoms with E-state index in [1.807, 2.05) is 28.8 Å². The summed E-state index contributed by atoms with van der Waals surface area (Å²) in [5.74, 6) is 1.42. The van der Waals surface area contributed by atoms with Crippen LogP contribution in [0.3, 0.4) is 0 Å². The maximum atomic E-state index is 12.5. The van der Waals surface area contributed by atoms with E-state index in [2.05, 4.69) is 15.3 Å². The van der Waals surface area contributed by atoms with Crippen molar-refractivity contribution in [2.24, 2.45) is 7.05 Å². The maximum absolute atomic E-state index is 12.5. The molecule has 2 amide bonds. The zero-order chi connectivity index (χ0) is 20.9. The fraction of sp³-hybridized carbons (Fsp3) is 0.333. The molecule has 0 aliphatic carbocycles. The van der Waals surface area contributed by atoms with Crippen molar-refractivity contribution < 1.29 is 14.0 Å². The van der Waals surface area contributed by atoms with Crippen LogP contribution in [0.2, 0.25) is 0 Å². The zero-order valence-corrected chi connectivity index (χ0v) is 17.5. The summed E-state index contributed by atoms with van der Waals surface area (Å²) in [4.78, 5) is 35.1. The number of carbonyl (C=O) groups excluding carboxylic acids is 2. The Labute approximate surface area is 178 Å². The van der Waals surface area contributed by atoms with Gasteiger partial charge in [0.25, 0.3) is 11.8 Å². The van der Waals surface area contributed by atoms with E-state index in [0.29, 0.717) is 43.0 Å². The molecule has 1 aliphatic rings. The lowest BCUT2D eigenvalue weighted by molar-refractivity contribution is 0.0695. The number of aryl methyl sites for hydroxylation is 1. The Bertz CT molecular complexity index is 1010. The molecule has 0 bridgehead atoms. The Balaban J connectivity index is 1.25. The minimum atomic E-state index is -0.220. The Morgan fingerprint density at radius 2 is 1.93 bits per heavy atom. The summed E-state index contributed by atoms with van der Waals surface area (Å²) in [6.07, 6.45) is 8.30. The van der Waals surface area contributed by atoms with Crippen LogP contribution in [-0.4, -0.2) is 50.4 Å². The van der Waals surface area contributed by atoms with Gasteiger partial charge >= 0.3 is 0 Å². The molecule has 8 nitrogen and oxygen atoms in total. The molecule has 0 atom stereocenters. The van der Waals surface area contributed by atoms with Crippen molar-refractivity contribution in [3.05, 3.63) is 66.1 Å². The van der Waals surface area contributed by atoms with Crippen LogP contribution in [0, 0.1) is 0 Å². The SMILES string of the molecule is Cn1ccnc1SCc1ccc(C(=O)NC2CCN(C(=O)c3ccncc3)CC2)o1. The quantitative estimate of drug-likeness (QED) is 0.611. The molecule has 156 valence electrons. The second kappa shape index (κ2) is 9.17. The third kappa shape index (κ3) is 4.73. The van der Waals surface area contributed by atoms with Gasteiger partial charge in [-0.05, 0) is 37.1 Å². The number of aromatic nitrogens is 3. The van der Waals surface area contributed by atoms with Crippen molar-refractivity contribution in [3.63, 3.8) is 0 Å². The first-order valence-electron chi connectivity index (χ1n) is 9.79. The highest BCUT2D eigenvalue weighted by molar-refractivity contribution is 7.98. The number of rotatable bonds is 6. The van der Waals surface area contributed by atoms with Crippen molar-refractivity contribution >= 4 is 23.6 Å². The Hall–Kier alpha value is -3.07. The largest absolute Gasteiger partial charge is 0.455 e. The van der Waals surface area contributed by atoms with Gasteiger partial charge in [0.2, 0.25) is 0 Å². The highest BCUT2D eigenvalue weighted by Gasteiger charge is 2.25. The van der Waals surface area contributed by atoms with Crippen molar-refractivity contribution in [1.29, 1.82) is 0 Å².